The summed E-state index contributed by atoms with van der Waals surface area (Å²) in [6.45, 7) is 0.565. The highest BCUT2D eigenvalue weighted by atomic mass is 16.7. The van der Waals surface area contributed by atoms with Gasteiger partial charge in [-0.1, -0.05) is 5.92 Å². The van der Waals surface area contributed by atoms with Gasteiger partial charge in [0.15, 0.2) is 0 Å². The van der Waals surface area contributed by atoms with E-state index in [4.69, 9.17) is 35.0 Å². The number of ether oxygens (including phenoxy) is 4. The van der Waals surface area contributed by atoms with Crippen molar-refractivity contribution in [2.75, 3.05) is 39.6 Å². The molecule has 214 valence electrons. The average molecular weight is 561 g/mol. The normalized spacial score (nSPS) is 14.9. The monoisotopic (exact) mass is 560 g/mol. The van der Waals surface area contributed by atoms with Gasteiger partial charge in [0.25, 0.3) is 23.6 Å². The molecule has 3 rings (SSSR count). The van der Waals surface area contributed by atoms with Gasteiger partial charge in [0.05, 0.1) is 39.3 Å². The minimum atomic E-state index is -0.757. The molecule has 0 spiro atoms. The van der Waals surface area contributed by atoms with Crippen LogP contribution in [0.15, 0.2) is 18.2 Å². The number of benzene rings is 1. The molecule has 2 heterocycles. The number of hydrogen-bond donors (Lipinski definition) is 0. The smallest absolute Gasteiger partial charge is 0.335 e. The second kappa shape index (κ2) is 15.2. The fraction of sp³-hybridized carbons (Fsp3) is 0.462. The van der Waals surface area contributed by atoms with E-state index in [9.17, 15) is 28.8 Å². The zero-order valence-corrected chi connectivity index (χ0v) is 21.6. The lowest BCUT2D eigenvalue weighted by Gasteiger charge is -2.13. The van der Waals surface area contributed by atoms with Crippen molar-refractivity contribution in [2.24, 2.45) is 0 Å². The van der Waals surface area contributed by atoms with Gasteiger partial charge >= 0.3 is 11.9 Å². The number of nitrogens with zero attached hydrogens (tertiary/aromatic N) is 2. The van der Waals surface area contributed by atoms with Crippen LogP contribution in [-0.4, -0.2) is 85.3 Å². The predicted molar refractivity (Wildman–Crippen MR) is 131 cm³/mol. The number of rotatable bonds is 16. The summed E-state index contributed by atoms with van der Waals surface area (Å²) >= 11 is 0. The molecular weight excluding hydrogens is 532 g/mol. The third kappa shape index (κ3) is 9.37. The van der Waals surface area contributed by atoms with Gasteiger partial charge in [-0.15, -0.1) is 16.5 Å². The summed E-state index contributed by atoms with van der Waals surface area (Å²) in [5, 5.41) is 0.965. The number of imide groups is 2. The Labute approximate surface area is 229 Å². The zero-order chi connectivity index (χ0) is 28.9. The first-order chi connectivity index (χ1) is 19.3. The number of hydroxylamine groups is 4. The first kappa shape index (κ1) is 30.1. The number of carbonyl (C=O) groups excluding carboxylic acids is 6. The minimum Gasteiger partial charge on any atom is -0.491 e. The van der Waals surface area contributed by atoms with Crippen molar-refractivity contribution >= 4 is 35.6 Å². The summed E-state index contributed by atoms with van der Waals surface area (Å²) in [7, 11) is 0. The van der Waals surface area contributed by atoms with Crippen molar-refractivity contribution in [3.63, 3.8) is 0 Å². The van der Waals surface area contributed by atoms with E-state index in [1.165, 1.54) is 0 Å². The molecule has 0 N–H and O–H groups in total. The lowest BCUT2D eigenvalue weighted by Crippen LogP contribution is -2.32. The predicted octanol–water partition coefficient (Wildman–Crippen LogP) is 0.453. The van der Waals surface area contributed by atoms with Gasteiger partial charge in [-0.3, -0.25) is 19.2 Å². The molecule has 1 aromatic rings. The summed E-state index contributed by atoms with van der Waals surface area (Å²) in [5.74, 6) is -0.365. The lowest BCUT2D eigenvalue weighted by atomic mass is 10.2. The third-order valence-electron chi connectivity index (χ3n) is 5.34. The largest absolute Gasteiger partial charge is 0.491 e. The molecule has 2 aliphatic rings. The van der Waals surface area contributed by atoms with E-state index in [1.807, 2.05) is 0 Å². The van der Waals surface area contributed by atoms with E-state index >= 15 is 0 Å². The Morgan fingerprint density at radius 1 is 0.650 bits per heavy atom. The van der Waals surface area contributed by atoms with Gasteiger partial charge < -0.3 is 28.6 Å². The molecule has 40 heavy (non-hydrogen) atoms. The summed E-state index contributed by atoms with van der Waals surface area (Å²) in [5.41, 5.74) is 0.511. The number of hydrogen-bond acceptors (Lipinski definition) is 12. The van der Waals surface area contributed by atoms with E-state index < -0.39 is 35.6 Å². The van der Waals surface area contributed by atoms with Gasteiger partial charge in [-0.25, -0.2) is 9.59 Å². The maximum Gasteiger partial charge on any atom is 0.335 e. The van der Waals surface area contributed by atoms with E-state index in [0.29, 0.717) is 27.2 Å². The highest BCUT2D eigenvalue weighted by Crippen LogP contribution is 2.23. The molecule has 0 bridgehead atoms. The molecule has 0 aliphatic carbocycles. The van der Waals surface area contributed by atoms with Crippen LogP contribution in [0.25, 0.3) is 0 Å². The van der Waals surface area contributed by atoms with Gasteiger partial charge in [0.1, 0.15) is 24.7 Å². The molecule has 0 aromatic heterocycles. The maximum atomic E-state index is 11.7. The van der Waals surface area contributed by atoms with Crippen LogP contribution >= 0.6 is 0 Å². The Kier molecular flexibility index (Phi) is 11.4. The fourth-order valence-electron chi connectivity index (χ4n) is 3.38. The molecule has 2 aliphatic heterocycles. The minimum absolute atomic E-state index is 0.00337. The second-order valence-corrected chi connectivity index (χ2v) is 8.35. The maximum absolute atomic E-state index is 11.7. The van der Waals surface area contributed by atoms with Crippen LogP contribution in [0.5, 0.6) is 11.5 Å². The fourth-order valence-corrected chi connectivity index (χ4v) is 3.38. The van der Waals surface area contributed by atoms with Gasteiger partial charge in [-0.2, -0.15) is 0 Å². The molecule has 4 amide bonds. The van der Waals surface area contributed by atoms with Crippen LogP contribution in [0.3, 0.4) is 0 Å². The van der Waals surface area contributed by atoms with Crippen molar-refractivity contribution in [2.45, 2.75) is 38.5 Å². The van der Waals surface area contributed by atoms with Crippen LogP contribution in [0.1, 0.15) is 44.1 Å². The quantitative estimate of drug-likeness (QED) is 0.156. The molecule has 1 aromatic carbocycles. The Morgan fingerprint density at radius 2 is 1.05 bits per heavy atom. The Hall–Kier alpha value is -4.48. The molecule has 0 atom stereocenters. The van der Waals surface area contributed by atoms with Gasteiger partial charge in [-0.05, 0) is 12.1 Å². The molecule has 2 fully saturated rings. The SMILES string of the molecule is C#Cc1cc(OCCOCCC(=O)ON2C(=O)CCC2=O)cc(OCCOCCC(=O)ON2C(=O)CCC2=O)c1. The Bertz CT molecular complexity index is 1060. The second-order valence-electron chi connectivity index (χ2n) is 8.35. The Balaban J connectivity index is 1.28. The van der Waals surface area contributed by atoms with Gasteiger partial charge in [0, 0.05) is 37.3 Å². The highest BCUT2D eigenvalue weighted by molar-refractivity contribution is 6.02. The van der Waals surface area contributed by atoms with Gasteiger partial charge in [0.2, 0.25) is 0 Å². The van der Waals surface area contributed by atoms with Crippen LogP contribution in [-0.2, 0) is 47.9 Å². The topological polar surface area (TPSA) is 164 Å². The standard InChI is InChI=1S/C26H28N2O12/c1-2-18-15-19(37-13-11-35-9-7-25(33)39-27-21(29)3-4-22(27)30)17-20(16-18)38-14-12-36-10-8-26(34)40-28-23(31)5-6-24(28)32/h1,15-17H,3-14H2. The van der Waals surface area contributed by atoms with Crippen LogP contribution < -0.4 is 9.47 Å². The number of carbonyl (C=O) groups is 6. The summed E-state index contributed by atoms with van der Waals surface area (Å²) in [6.07, 6.45) is 5.28. The third-order valence-corrected chi connectivity index (χ3v) is 5.34. The molecule has 0 radical (unpaired) electrons. The summed E-state index contributed by atoms with van der Waals surface area (Å²) in [4.78, 5) is 78.8. The molecule has 0 unspecified atom stereocenters. The average Bonchev–Trinajstić information content (AvgIpc) is 3.42. The molecule has 14 nitrogen and oxygen atoms in total. The van der Waals surface area contributed by atoms with E-state index in [-0.39, 0.29) is 78.2 Å². The van der Waals surface area contributed by atoms with E-state index in [2.05, 4.69) is 5.92 Å². The van der Waals surface area contributed by atoms with E-state index in [0.717, 1.165) is 0 Å². The highest BCUT2D eigenvalue weighted by Gasteiger charge is 2.33. The first-order valence-corrected chi connectivity index (χ1v) is 12.4. The van der Waals surface area contributed by atoms with Crippen molar-refractivity contribution in [1.82, 2.24) is 10.1 Å². The van der Waals surface area contributed by atoms with Crippen LogP contribution in [0, 0.1) is 12.3 Å². The lowest BCUT2D eigenvalue weighted by molar-refractivity contribution is -0.198. The molecule has 2 saturated heterocycles. The van der Waals surface area contributed by atoms with Crippen molar-refractivity contribution in [3.8, 4) is 23.8 Å². The van der Waals surface area contributed by atoms with Crippen LogP contribution in [0.2, 0.25) is 0 Å². The number of terminal acetylenes is 1. The van der Waals surface area contributed by atoms with Crippen LogP contribution in [0.4, 0.5) is 0 Å². The first-order valence-electron chi connectivity index (χ1n) is 12.4. The van der Waals surface area contributed by atoms with E-state index in [1.54, 1.807) is 18.2 Å². The number of amides is 4. The van der Waals surface area contributed by atoms with Crippen molar-refractivity contribution < 1.29 is 57.4 Å². The molecule has 0 saturated carbocycles. The van der Waals surface area contributed by atoms with Crippen molar-refractivity contribution in [1.29, 1.82) is 0 Å². The van der Waals surface area contributed by atoms with Crippen molar-refractivity contribution in [3.05, 3.63) is 23.8 Å². The molecule has 14 heteroatoms. The zero-order valence-electron chi connectivity index (χ0n) is 21.6. The molecular formula is C26H28N2O12. The summed E-state index contributed by atoms with van der Waals surface area (Å²) < 4.78 is 21.9. The summed E-state index contributed by atoms with van der Waals surface area (Å²) in [6, 6.07) is 4.88. The Morgan fingerprint density at radius 3 is 1.43 bits per heavy atom.